The lowest BCUT2D eigenvalue weighted by atomic mass is 10.1. The second kappa shape index (κ2) is 11.9. The Hall–Kier alpha value is -0.860. The van der Waals surface area contributed by atoms with Crippen LogP contribution in [0.1, 0.15) is 43.2 Å². The molecule has 1 aromatic rings. The maximum Gasteiger partial charge on any atom is 0.193 e. The van der Waals surface area contributed by atoms with Crippen LogP contribution in [0.4, 0.5) is 0 Å². The monoisotopic (exact) mass is 487 g/mol. The van der Waals surface area contributed by atoms with Crippen LogP contribution in [0.25, 0.3) is 0 Å². The lowest BCUT2D eigenvalue weighted by Gasteiger charge is -2.35. The fourth-order valence-corrected chi connectivity index (χ4v) is 3.73. The van der Waals surface area contributed by atoms with E-state index in [9.17, 15) is 0 Å². The Balaban J connectivity index is 0.00000261. The van der Waals surface area contributed by atoms with Gasteiger partial charge in [0.1, 0.15) is 0 Å². The van der Waals surface area contributed by atoms with E-state index in [0.29, 0.717) is 12.2 Å². The fourth-order valence-electron chi connectivity index (χ4n) is 3.73. The zero-order valence-electron chi connectivity index (χ0n) is 16.7. The Kier molecular flexibility index (Phi) is 9.86. The number of guanidine groups is 1. The average Bonchev–Trinajstić information content (AvgIpc) is 2.70. The summed E-state index contributed by atoms with van der Waals surface area (Å²) < 4.78 is 11.9. The van der Waals surface area contributed by atoms with E-state index in [1.165, 1.54) is 24.0 Å². The summed E-state index contributed by atoms with van der Waals surface area (Å²) in [6.45, 7) is 6.60. The molecule has 6 heteroatoms. The van der Waals surface area contributed by atoms with E-state index in [4.69, 9.17) is 9.47 Å². The minimum atomic E-state index is 0. The summed E-state index contributed by atoms with van der Waals surface area (Å²) in [5, 5.41) is 3.51. The van der Waals surface area contributed by atoms with Crippen LogP contribution in [0.5, 0.6) is 0 Å². The number of ether oxygens (including phenoxy) is 2. The molecule has 0 bridgehead atoms. The molecule has 1 aromatic carbocycles. The maximum atomic E-state index is 6.12. The summed E-state index contributed by atoms with van der Waals surface area (Å²) in [7, 11) is 1.86. The van der Waals surface area contributed by atoms with Crippen LogP contribution in [0.3, 0.4) is 0 Å². The van der Waals surface area contributed by atoms with Gasteiger partial charge >= 0.3 is 0 Å². The summed E-state index contributed by atoms with van der Waals surface area (Å²) >= 11 is 0. The predicted molar refractivity (Wildman–Crippen MR) is 121 cm³/mol. The molecule has 5 nitrogen and oxygen atoms in total. The van der Waals surface area contributed by atoms with Crippen LogP contribution in [-0.4, -0.2) is 56.4 Å². The van der Waals surface area contributed by atoms with E-state index in [0.717, 1.165) is 58.1 Å². The average molecular weight is 487 g/mol. The first kappa shape index (κ1) is 22.4. The van der Waals surface area contributed by atoms with Gasteiger partial charge in [0.2, 0.25) is 0 Å². The molecule has 0 spiro atoms. The third-order valence-corrected chi connectivity index (χ3v) is 5.44. The molecular weight excluding hydrogens is 453 g/mol. The molecule has 2 fully saturated rings. The normalized spacial score (nSPS) is 21.6. The van der Waals surface area contributed by atoms with Gasteiger partial charge in [-0.05, 0) is 50.2 Å². The van der Waals surface area contributed by atoms with Gasteiger partial charge in [0.15, 0.2) is 5.96 Å². The van der Waals surface area contributed by atoms with Gasteiger partial charge in [0, 0.05) is 33.3 Å². The molecule has 3 rings (SSSR count). The fraction of sp³-hybridized carbons (Fsp3) is 0.667. The van der Waals surface area contributed by atoms with Gasteiger partial charge in [0.25, 0.3) is 0 Å². The number of nitrogens with zero attached hydrogens (tertiary/aromatic N) is 2. The van der Waals surface area contributed by atoms with Crippen molar-refractivity contribution in [2.75, 3.05) is 33.4 Å². The number of aryl methyl sites for hydroxylation is 1. The van der Waals surface area contributed by atoms with Crippen LogP contribution in [0, 0.1) is 6.92 Å². The minimum Gasteiger partial charge on any atom is -0.376 e. The molecule has 0 amide bonds. The molecule has 2 aliphatic heterocycles. The summed E-state index contributed by atoms with van der Waals surface area (Å²) in [6.07, 6.45) is 6.39. The molecule has 27 heavy (non-hydrogen) atoms. The Morgan fingerprint density at radius 3 is 2.67 bits per heavy atom. The molecule has 2 saturated heterocycles. The van der Waals surface area contributed by atoms with Crippen molar-refractivity contribution in [1.29, 1.82) is 0 Å². The van der Waals surface area contributed by atoms with Crippen molar-refractivity contribution in [1.82, 2.24) is 10.2 Å². The zero-order valence-corrected chi connectivity index (χ0v) is 19.0. The molecule has 1 atom stereocenters. The van der Waals surface area contributed by atoms with Crippen molar-refractivity contribution in [3.05, 3.63) is 35.4 Å². The smallest absolute Gasteiger partial charge is 0.193 e. The summed E-state index contributed by atoms with van der Waals surface area (Å²) in [4.78, 5) is 6.81. The standard InChI is InChI=1S/C21H33N3O2.HI/c1-17-7-3-4-8-18(17)15-23-21(22-2)24-12-10-19(11-13-24)26-16-20-9-5-6-14-25-20;/h3-4,7-8,19-20H,5-6,9-16H2,1-2H3,(H,22,23);1H. The third kappa shape index (κ3) is 6.91. The number of piperidine rings is 1. The van der Waals surface area contributed by atoms with Crippen LogP contribution in [0.2, 0.25) is 0 Å². The zero-order chi connectivity index (χ0) is 18.2. The quantitative estimate of drug-likeness (QED) is 0.391. The highest BCUT2D eigenvalue weighted by atomic mass is 127. The predicted octanol–water partition coefficient (Wildman–Crippen LogP) is 3.74. The van der Waals surface area contributed by atoms with Gasteiger partial charge in [-0.2, -0.15) is 0 Å². The summed E-state index contributed by atoms with van der Waals surface area (Å²) in [5.74, 6) is 0.988. The molecule has 152 valence electrons. The van der Waals surface area contributed by atoms with Crippen molar-refractivity contribution in [3.8, 4) is 0 Å². The van der Waals surface area contributed by atoms with Gasteiger partial charge in [-0.1, -0.05) is 24.3 Å². The summed E-state index contributed by atoms with van der Waals surface area (Å²) in [5.41, 5.74) is 2.63. The van der Waals surface area contributed by atoms with Crippen LogP contribution >= 0.6 is 24.0 Å². The Labute approximate surface area is 180 Å². The Morgan fingerprint density at radius 1 is 1.22 bits per heavy atom. The third-order valence-electron chi connectivity index (χ3n) is 5.44. The highest BCUT2D eigenvalue weighted by Gasteiger charge is 2.23. The molecule has 0 saturated carbocycles. The van der Waals surface area contributed by atoms with E-state index >= 15 is 0 Å². The topological polar surface area (TPSA) is 46.1 Å². The van der Waals surface area contributed by atoms with Crippen LogP contribution < -0.4 is 5.32 Å². The van der Waals surface area contributed by atoms with Gasteiger partial charge in [-0.3, -0.25) is 4.99 Å². The maximum absolute atomic E-state index is 6.12. The minimum absolute atomic E-state index is 0. The first-order valence-corrected chi connectivity index (χ1v) is 9.99. The molecule has 2 heterocycles. The molecule has 1 unspecified atom stereocenters. The Morgan fingerprint density at radius 2 is 2.00 bits per heavy atom. The molecule has 2 aliphatic rings. The van der Waals surface area contributed by atoms with Crippen LogP contribution in [-0.2, 0) is 16.0 Å². The van der Waals surface area contributed by atoms with Crippen molar-refractivity contribution in [3.63, 3.8) is 0 Å². The van der Waals surface area contributed by atoms with Crippen molar-refractivity contribution < 1.29 is 9.47 Å². The number of rotatable bonds is 5. The lowest BCUT2D eigenvalue weighted by molar-refractivity contribution is -0.0721. The number of aliphatic imine (C=N–C) groups is 1. The molecule has 0 radical (unpaired) electrons. The number of hydrogen-bond donors (Lipinski definition) is 1. The first-order valence-electron chi connectivity index (χ1n) is 9.99. The molecule has 0 aliphatic carbocycles. The van der Waals surface area contributed by atoms with E-state index in [1.807, 2.05) is 7.05 Å². The number of likely N-dealkylation sites (tertiary alicyclic amines) is 1. The van der Waals surface area contributed by atoms with Crippen molar-refractivity contribution in [2.24, 2.45) is 4.99 Å². The van der Waals surface area contributed by atoms with Gasteiger partial charge < -0.3 is 19.7 Å². The highest BCUT2D eigenvalue weighted by Crippen LogP contribution is 2.18. The largest absolute Gasteiger partial charge is 0.376 e. The number of benzene rings is 1. The highest BCUT2D eigenvalue weighted by molar-refractivity contribution is 14.0. The van der Waals surface area contributed by atoms with E-state index < -0.39 is 0 Å². The van der Waals surface area contributed by atoms with Crippen LogP contribution in [0.15, 0.2) is 29.3 Å². The number of nitrogens with one attached hydrogen (secondary N) is 1. The van der Waals surface area contributed by atoms with E-state index in [-0.39, 0.29) is 24.0 Å². The molecular formula is C21H34IN3O2. The molecule has 1 N–H and O–H groups in total. The molecule has 0 aromatic heterocycles. The summed E-state index contributed by atoms with van der Waals surface area (Å²) in [6, 6.07) is 8.49. The van der Waals surface area contributed by atoms with Gasteiger partial charge in [-0.15, -0.1) is 24.0 Å². The lowest BCUT2D eigenvalue weighted by Crippen LogP contribution is -2.47. The number of halogens is 1. The van der Waals surface area contributed by atoms with E-state index in [2.05, 4.69) is 46.4 Å². The second-order valence-corrected chi connectivity index (χ2v) is 7.34. The SMILES string of the molecule is CN=C(NCc1ccccc1C)N1CCC(OCC2CCCCO2)CC1.I. The number of hydrogen-bond acceptors (Lipinski definition) is 3. The second-order valence-electron chi connectivity index (χ2n) is 7.34. The first-order chi connectivity index (χ1) is 12.8. The van der Waals surface area contributed by atoms with E-state index in [1.54, 1.807) is 0 Å². The van der Waals surface area contributed by atoms with Crippen molar-refractivity contribution in [2.45, 2.75) is 57.8 Å². The Bertz CT molecular complexity index is 583. The van der Waals surface area contributed by atoms with Crippen molar-refractivity contribution >= 4 is 29.9 Å². The van der Waals surface area contributed by atoms with Gasteiger partial charge in [0.05, 0.1) is 18.8 Å². The van der Waals surface area contributed by atoms with Gasteiger partial charge in [-0.25, -0.2) is 0 Å².